The van der Waals surface area contributed by atoms with Gasteiger partial charge in [-0.25, -0.2) is 0 Å². The van der Waals surface area contributed by atoms with Crippen molar-refractivity contribution in [1.29, 1.82) is 0 Å². The lowest BCUT2D eigenvalue weighted by atomic mass is 9.90. The van der Waals surface area contributed by atoms with E-state index in [2.05, 4.69) is 45.7 Å². The van der Waals surface area contributed by atoms with Crippen LogP contribution in [0.5, 0.6) is 0 Å². The molecular weight excluding hydrogens is 339 g/mol. The molecule has 1 fully saturated rings. The maximum absolute atomic E-state index is 6.04. The lowest BCUT2D eigenvalue weighted by molar-refractivity contribution is 0.364. The molecule has 0 N–H and O–H groups in total. The molecule has 0 nitrogen and oxygen atoms in total. The van der Waals surface area contributed by atoms with Crippen molar-refractivity contribution in [3.05, 3.63) is 0 Å². The summed E-state index contributed by atoms with van der Waals surface area (Å²) in [4.78, 5) is 0. The molecule has 0 aliphatic heterocycles. The van der Waals surface area contributed by atoms with Gasteiger partial charge < -0.3 is 0 Å². The van der Waals surface area contributed by atoms with E-state index in [-0.39, 0.29) is 14.1 Å². The molecule has 0 atom stereocenters. The van der Waals surface area contributed by atoms with E-state index in [0.717, 1.165) is 12.8 Å². The standard InChI is InChI=1S/C9H14Br2Cl2/c1-3-7(4-2)8(5-12,6-13)9(7,10)11/h3-6H2,1-2H3. The van der Waals surface area contributed by atoms with Gasteiger partial charge in [-0.05, 0) is 12.8 Å². The summed E-state index contributed by atoms with van der Waals surface area (Å²) in [6.07, 6.45) is 2.19. The van der Waals surface area contributed by atoms with Crippen molar-refractivity contribution in [1.82, 2.24) is 0 Å². The summed E-state index contributed by atoms with van der Waals surface area (Å²) in [6, 6.07) is 0. The largest absolute Gasteiger partial charge is 0.126 e. The zero-order valence-electron chi connectivity index (χ0n) is 7.84. The highest BCUT2D eigenvalue weighted by atomic mass is 79.9. The van der Waals surface area contributed by atoms with Crippen molar-refractivity contribution in [2.75, 3.05) is 11.8 Å². The first kappa shape index (κ1) is 12.6. The van der Waals surface area contributed by atoms with Gasteiger partial charge in [0.05, 0.1) is 3.23 Å². The second-order valence-electron chi connectivity index (χ2n) is 3.71. The quantitative estimate of drug-likeness (QED) is 0.640. The highest BCUT2D eigenvalue weighted by Crippen LogP contribution is 2.83. The second kappa shape index (κ2) is 3.84. The number of hydrogen-bond donors (Lipinski definition) is 0. The van der Waals surface area contributed by atoms with Crippen LogP contribution in [0.4, 0.5) is 0 Å². The van der Waals surface area contributed by atoms with Crippen LogP contribution in [-0.2, 0) is 0 Å². The third kappa shape index (κ3) is 1.21. The smallest absolute Gasteiger partial charge is 0.0952 e. The van der Waals surface area contributed by atoms with Crippen LogP contribution in [0.3, 0.4) is 0 Å². The van der Waals surface area contributed by atoms with E-state index in [1.54, 1.807) is 0 Å². The Kier molecular flexibility index (Phi) is 3.73. The van der Waals surface area contributed by atoms with Crippen molar-refractivity contribution in [3.63, 3.8) is 0 Å². The number of rotatable bonds is 4. The van der Waals surface area contributed by atoms with Crippen LogP contribution < -0.4 is 0 Å². The Labute approximate surface area is 107 Å². The molecule has 0 unspecified atom stereocenters. The van der Waals surface area contributed by atoms with Crippen LogP contribution in [0.15, 0.2) is 0 Å². The summed E-state index contributed by atoms with van der Waals surface area (Å²) in [6.45, 7) is 4.39. The first-order valence-corrected chi connectivity index (χ1v) is 7.15. The Hall–Kier alpha value is 1.54. The maximum Gasteiger partial charge on any atom is 0.0952 e. The molecule has 1 rings (SSSR count). The molecule has 0 spiro atoms. The molecule has 0 radical (unpaired) electrons. The monoisotopic (exact) mass is 350 g/mol. The SMILES string of the molecule is CCC1(CC)C(Br)(Br)C1(CCl)CCl. The predicted octanol–water partition coefficient (Wildman–Crippen LogP) is 4.76. The van der Waals surface area contributed by atoms with Crippen LogP contribution in [0.1, 0.15) is 26.7 Å². The predicted molar refractivity (Wildman–Crippen MR) is 67.5 cm³/mol. The zero-order valence-corrected chi connectivity index (χ0v) is 12.5. The minimum absolute atomic E-state index is 0.00656. The van der Waals surface area contributed by atoms with Crippen LogP contribution in [0.2, 0.25) is 0 Å². The van der Waals surface area contributed by atoms with E-state index in [1.807, 2.05) is 0 Å². The lowest BCUT2D eigenvalue weighted by Crippen LogP contribution is -2.17. The van der Waals surface area contributed by atoms with Crippen molar-refractivity contribution in [2.24, 2.45) is 10.8 Å². The Morgan fingerprint density at radius 3 is 1.38 bits per heavy atom. The minimum atomic E-state index is -0.0625. The van der Waals surface area contributed by atoms with Gasteiger partial charge in [-0.3, -0.25) is 0 Å². The van der Waals surface area contributed by atoms with Crippen LogP contribution >= 0.6 is 55.1 Å². The Morgan fingerprint density at radius 2 is 1.31 bits per heavy atom. The van der Waals surface area contributed by atoms with Crippen molar-refractivity contribution in [2.45, 2.75) is 29.9 Å². The summed E-state index contributed by atoms with van der Waals surface area (Å²) in [7, 11) is 0. The van der Waals surface area contributed by atoms with Crippen molar-refractivity contribution in [3.8, 4) is 0 Å². The number of hydrogen-bond acceptors (Lipinski definition) is 0. The molecule has 0 aromatic carbocycles. The van der Waals surface area contributed by atoms with Crippen molar-refractivity contribution >= 4 is 55.1 Å². The number of halogens is 4. The zero-order chi connectivity index (χ0) is 10.3. The van der Waals surface area contributed by atoms with Gasteiger partial charge in [-0.1, -0.05) is 45.7 Å². The molecule has 13 heavy (non-hydrogen) atoms. The van der Waals surface area contributed by atoms with Gasteiger partial charge in [-0.2, -0.15) is 0 Å². The van der Waals surface area contributed by atoms with Gasteiger partial charge in [0.2, 0.25) is 0 Å². The van der Waals surface area contributed by atoms with E-state index in [1.165, 1.54) is 0 Å². The average Bonchev–Trinajstić information content (AvgIpc) is 2.56. The fourth-order valence-corrected chi connectivity index (χ4v) is 7.42. The Balaban J connectivity index is 3.03. The van der Waals surface area contributed by atoms with Gasteiger partial charge in [0.1, 0.15) is 0 Å². The Morgan fingerprint density at radius 1 is 0.923 bits per heavy atom. The van der Waals surface area contributed by atoms with Crippen LogP contribution in [0.25, 0.3) is 0 Å². The van der Waals surface area contributed by atoms with Gasteiger partial charge in [0.15, 0.2) is 0 Å². The highest BCUT2D eigenvalue weighted by molar-refractivity contribution is 9.25. The lowest BCUT2D eigenvalue weighted by Gasteiger charge is -2.17. The van der Waals surface area contributed by atoms with Crippen molar-refractivity contribution < 1.29 is 0 Å². The highest BCUT2D eigenvalue weighted by Gasteiger charge is 2.82. The summed E-state index contributed by atoms with van der Waals surface area (Å²) in [5.41, 5.74) is 0.218. The average molecular weight is 353 g/mol. The fraction of sp³-hybridized carbons (Fsp3) is 1.00. The molecule has 0 aromatic rings. The first-order chi connectivity index (χ1) is 5.99. The van der Waals surface area contributed by atoms with E-state index >= 15 is 0 Å². The molecule has 0 heterocycles. The molecule has 1 aliphatic carbocycles. The molecule has 1 saturated carbocycles. The van der Waals surface area contributed by atoms with Gasteiger partial charge in [-0.15, -0.1) is 23.2 Å². The third-order valence-electron chi connectivity index (χ3n) is 3.72. The Bertz CT molecular complexity index is 176. The molecule has 0 saturated heterocycles. The molecule has 4 heteroatoms. The molecule has 1 aliphatic rings. The van der Waals surface area contributed by atoms with Gasteiger partial charge in [0, 0.05) is 22.6 Å². The van der Waals surface area contributed by atoms with E-state index < -0.39 is 0 Å². The molecule has 0 bridgehead atoms. The molecule has 0 amide bonds. The normalized spacial score (nSPS) is 27.2. The summed E-state index contributed by atoms with van der Waals surface area (Å²) >= 11 is 19.5. The topological polar surface area (TPSA) is 0 Å². The number of alkyl halides is 4. The minimum Gasteiger partial charge on any atom is -0.126 e. The second-order valence-corrected chi connectivity index (χ2v) is 7.69. The van der Waals surface area contributed by atoms with E-state index in [9.17, 15) is 0 Å². The summed E-state index contributed by atoms with van der Waals surface area (Å²) < 4.78 is -0.0625. The van der Waals surface area contributed by atoms with E-state index in [0.29, 0.717) is 11.8 Å². The van der Waals surface area contributed by atoms with Gasteiger partial charge >= 0.3 is 0 Å². The van der Waals surface area contributed by atoms with Crippen LogP contribution in [0, 0.1) is 10.8 Å². The fourth-order valence-electron chi connectivity index (χ4n) is 2.57. The summed E-state index contributed by atoms with van der Waals surface area (Å²) in [5.74, 6) is 1.21. The molecule has 0 aromatic heterocycles. The maximum atomic E-state index is 6.04. The molecule has 78 valence electrons. The third-order valence-corrected chi connectivity index (χ3v) is 7.67. The summed E-state index contributed by atoms with van der Waals surface area (Å²) in [5, 5.41) is 0. The van der Waals surface area contributed by atoms with E-state index in [4.69, 9.17) is 23.2 Å². The molecular formula is C9H14Br2Cl2. The van der Waals surface area contributed by atoms with Crippen LogP contribution in [-0.4, -0.2) is 15.0 Å². The first-order valence-electron chi connectivity index (χ1n) is 4.49. The van der Waals surface area contributed by atoms with Gasteiger partial charge in [0.25, 0.3) is 0 Å².